The minimum absolute atomic E-state index is 0.403. The predicted molar refractivity (Wildman–Crippen MR) is 84.4 cm³/mol. The lowest BCUT2D eigenvalue weighted by molar-refractivity contribution is -0.0947. The van der Waals surface area contributed by atoms with E-state index in [4.69, 9.17) is 4.74 Å². The first-order valence-corrected chi connectivity index (χ1v) is 7.45. The molecule has 0 spiro atoms. The Morgan fingerprint density at radius 3 is 2.92 bits per heavy atom. The molecule has 0 aliphatic carbocycles. The van der Waals surface area contributed by atoms with Crippen molar-refractivity contribution in [1.82, 2.24) is 24.5 Å². The lowest BCUT2D eigenvalue weighted by Gasteiger charge is -2.27. The molecule has 0 bridgehead atoms. The van der Waals surface area contributed by atoms with Gasteiger partial charge >= 0.3 is 0 Å². The van der Waals surface area contributed by atoms with Gasteiger partial charge in [0.15, 0.2) is 6.23 Å². The molecule has 0 amide bonds. The molecular weight excluding hydrogens is 314 g/mol. The Hall–Kier alpha value is -2.33. The number of hydrogen-bond donors (Lipinski definition) is 4. The molecule has 1 unspecified atom stereocenters. The van der Waals surface area contributed by atoms with Crippen molar-refractivity contribution < 1.29 is 20.1 Å². The summed E-state index contributed by atoms with van der Waals surface area (Å²) in [7, 11) is 0. The fourth-order valence-corrected chi connectivity index (χ4v) is 3.16. The molecule has 1 fully saturated rings. The quantitative estimate of drug-likeness (QED) is 0.474. The van der Waals surface area contributed by atoms with E-state index in [0.29, 0.717) is 27.5 Å². The van der Waals surface area contributed by atoms with Crippen LogP contribution < -0.4 is 5.35 Å². The van der Waals surface area contributed by atoms with E-state index in [2.05, 4.69) is 26.5 Å². The van der Waals surface area contributed by atoms with Crippen LogP contribution in [-0.4, -0.2) is 64.2 Å². The molecule has 1 aliphatic heterocycles. The number of aromatic amines is 1. The summed E-state index contributed by atoms with van der Waals surface area (Å²) in [4.78, 5) is 15.9. The predicted octanol–water partition coefficient (Wildman–Crippen LogP) is -0.999. The molecule has 3 aromatic heterocycles. The van der Waals surface area contributed by atoms with E-state index >= 15 is 0 Å². The van der Waals surface area contributed by atoms with E-state index in [1.165, 1.54) is 13.3 Å². The van der Waals surface area contributed by atoms with Crippen molar-refractivity contribution in [3.8, 4) is 0 Å². The van der Waals surface area contributed by atoms with E-state index in [1.54, 1.807) is 17.0 Å². The van der Waals surface area contributed by atoms with E-state index in [-0.39, 0.29) is 0 Å². The van der Waals surface area contributed by atoms with E-state index < -0.39 is 30.6 Å². The van der Waals surface area contributed by atoms with Gasteiger partial charge in [0.2, 0.25) is 0 Å². The first-order valence-electron chi connectivity index (χ1n) is 7.45. The smallest absolute Gasteiger partial charge is 0.167 e. The molecule has 1 saturated heterocycles. The summed E-state index contributed by atoms with van der Waals surface area (Å²) in [5.74, 6) is 0. The van der Waals surface area contributed by atoms with Crippen LogP contribution in [0, 0.1) is 0 Å². The number of nitrogens with zero attached hydrogens (tertiary/aromatic N) is 4. The molecule has 24 heavy (non-hydrogen) atoms. The van der Waals surface area contributed by atoms with Crippen LogP contribution >= 0.6 is 0 Å². The van der Waals surface area contributed by atoms with Gasteiger partial charge in [0, 0.05) is 6.20 Å². The van der Waals surface area contributed by atoms with Crippen molar-refractivity contribution >= 4 is 28.8 Å². The van der Waals surface area contributed by atoms with Crippen molar-refractivity contribution in [2.75, 3.05) is 6.61 Å². The second-order valence-corrected chi connectivity index (χ2v) is 6.13. The molecule has 4 N–H and O–H groups in total. The Bertz CT molecular complexity index is 979. The van der Waals surface area contributed by atoms with Crippen LogP contribution in [0.3, 0.4) is 0 Å². The highest BCUT2D eigenvalue weighted by Crippen LogP contribution is 2.40. The highest BCUT2D eigenvalue weighted by atomic mass is 16.6. The molecule has 4 rings (SSSR count). The van der Waals surface area contributed by atoms with E-state index in [9.17, 15) is 15.3 Å². The minimum Gasteiger partial charge on any atom is -0.394 e. The van der Waals surface area contributed by atoms with Crippen LogP contribution in [0.1, 0.15) is 13.2 Å². The van der Waals surface area contributed by atoms with Crippen molar-refractivity contribution in [3.05, 3.63) is 24.1 Å². The van der Waals surface area contributed by atoms with Gasteiger partial charge in [-0.25, -0.2) is 9.97 Å². The number of hydrogen-bond acceptors (Lipinski definition) is 7. The Labute approximate surface area is 135 Å². The molecule has 3 aromatic rings. The molecule has 9 nitrogen and oxygen atoms in total. The van der Waals surface area contributed by atoms with Gasteiger partial charge in [-0.2, -0.15) is 0 Å². The number of ether oxygens (including phenoxy) is 1. The highest BCUT2D eigenvalue weighted by Gasteiger charge is 2.53. The monoisotopic (exact) mass is 331 g/mol. The Morgan fingerprint density at radius 1 is 1.42 bits per heavy atom. The third kappa shape index (κ3) is 1.99. The maximum atomic E-state index is 10.7. The molecule has 4 atom stereocenters. The van der Waals surface area contributed by atoms with Crippen LogP contribution in [0.2, 0.25) is 0 Å². The average Bonchev–Trinajstić information content (AvgIpc) is 2.95. The first kappa shape index (κ1) is 15.2. The summed E-state index contributed by atoms with van der Waals surface area (Å²) >= 11 is 0. The third-order valence-electron chi connectivity index (χ3n) is 4.41. The van der Waals surface area contributed by atoms with Gasteiger partial charge in [0.25, 0.3) is 0 Å². The lowest BCUT2D eigenvalue weighted by Crippen LogP contribution is -2.44. The number of H-pyrrole nitrogens is 1. The second-order valence-electron chi connectivity index (χ2n) is 6.13. The van der Waals surface area contributed by atoms with E-state index in [0.717, 1.165) is 0 Å². The fraction of sp³-hybridized carbons (Fsp3) is 0.400. The maximum absolute atomic E-state index is 10.7. The standard InChI is InChI=1S/C15H17N5O4/c1-7-3-16-8-4-20(13-10(8)12(19-7)17-6-18-13)14-15(2,23)11(22)9(5-21)24-14/h3-4,6,9,11,14,21-23H,1,5H2,2H3,(H,17,18,19)/t9-,11-,14-,15?/m1/s1. The highest BCUT2D eigenvalue weighted by molar-refractivity contribution is 6.02. The van der Waals surface area contributed by atoms with Gasteiger partial charge in [0.1, 0.15) is 35.4 Å². The molecule has 9 heteroatoms. The zero-order valence-corrected chi connectivity index (χ0v) is 12.9. The Balaban J connectivity index is 1.98. The molecular formula is C15H17N5O4. The number of aromatic nitrogens is 5. The molecule has 1 aliphatic rings. The molecule has 0 saturated carbocycles. The molecule has 0 aromatic carbocycles. The average molecular weight is 331 g/mol. The Kier molecular flexibility index (Phi) is 3.22. The van der Waals surface area contributed by atoms with Crippen molar-refractivity contribution in [3.63, 3.8) is 0 Å². The largest absolute Gasteiger partial charge is 0.394 e. The summed E-state index contributed by atoms with van der Waals surface area (Å²) in [6.45, 7) is 4.88. The minimum atomic E-state index is -1.60. The van der Waals surface area contributed by atoms with Gasteiger partial charge < -0.3 is 29.6 Å². The molecule has 0 radical (unpaired) electrons. The summed E-state index contributed by atoms with van der Waals surface area (Å²) in [6, 6.07) is 0. The van der Waals surface area contributed by atoms with Gasteiger partial charge in [-0.3, -0.25) is 4.98 Å². The zero-order valence-electron chi connectivity index (χ0n) is 12.9. The van der Waals surface area contributed by atoms with Crippen LogP contribution in [-0.2, 0) is 4.74 Å². The normalized spacial score (nSPS) is 30.4. The van der Waals surface area contributed by atoms with Gasteiger partial charge in [-0.1, -0.05) is 6.58 Å². The number of rotatable bonds is 2. The van der Waals surface area contributed by atoms with Crippen LogP contribution in [0.5, 0.6) is 0 Å². The fourth-order valence-electron chi connectivity index (χ4n) is 3.16. The SMILES string of the molecule is C=c1cnc2cn([C@@H]3O[C@H](CO)[C@@H](O)C3(C)O)c3ncnc([nH]1)c23. The summed E-state index contributed by atoms with van der Waals surface area (Å²) in [5, 5.41) is 31.5. The van der Waals surface area contributed by atoms with Crippen LogP contribution in [0.4, 0.5) is 0 Å². The van der Waals surface area contributed by atoms with E-state index in [1.807, 2.05) is 0 Å². The van der Waals surface area contributed by atoms with Gasteiger partial charge in [-0.05, 0) is 6.92 Å². The summed E-state index contributed by atoms with van der Waals surface area (Å²) < 4.78 is 7.26. The number of aliphatic hydroxyl groups is 3. The molecule has 126 valence electrons. The van der Waals surface area contributed by atoms with Gasteiger partial charge in [-0.15, -0.1) is 0 Å². The van der Waals surface area contributed by atoms with Crippen molar-refractivity contribution in [1.29, 1.82) is 0 Å². The summed E-state index contributed by atoms with van der Waals surface area (Å²) in [6.07, 6.45) is 1.57. The first-order chi connectivity index (χ1) is 11.4. The van der Waals surface area contributed by atoms with Crippen LogP contribution in [0.25, 0.3) is 28.8 Å². The van der Waals surface area contributed by atoms with Crippen LogP contribution in [0.15, 0.2) is 18.7 Å². The number of nitrogens with one attached hydrogen (secondary N) is 1. The molecule has 4 heterocycles. The lowest BCUT2D eigenvalue weighted by atomic mass is 9.96. The number of aliphatic hydroxyl groups excluding tert-OH is 2. The topological polar surface area (TPSA) is 129 Å². The van der Waals surface area contributed by atoms with Gasteiger partial charge in [0.05, 0.1) is 29.1 Å². The van der Waals surface area contributed by atoms with Crippen molar-refractivity contribution in [2.45, 2.75) is 31.0 Å². The maximum Gasteiger partial charge on any atom is 0.167 e. The zero-order chi connectivity index (χ0) is 17.1. The Morgan fingerprint density at radius 2 is 2.21 bits per heavy atom. The summed E-state index contributed by atoms with van der Waals surface area (Å²) in [5.41, 5.74) is 0.0266. The second kappa shape index (κ2) is 5.08. The third-order valence-corrected chi connectivity index (χ3v) is 4.41. The van der Waals surface area contributed by atoms with Crippen molar-refractivity contribution in [2.24, 2.45) is 0 Å².